The molecule has 0 radical (unpaired) electrons. The van der Waals surface area contributed by atoms with Gasteiger partial charge >= 0.3 is 0 Å². The summed E-state index contributed by atoms with van der Waals surface area (Å²) in [6, 6.07) is 0. The third-order valence-electron chi connectivity index (χ3n) is 7.18. The van der Waals surface area contributed by atoms with Gasteiger partial charge in [0.15, 0.2) is 0 Å². The standard InChI is InChI=1S/C22H38O3/c1-21(2,25-15-24-4)13-5-7-17(16-9-10-16)18-11-12-19-20(23)8-6-14-22(18,19)3/h11,16-17,19-20,23H,5-10,12-15H2,1-4H3/t17-,19-,20-,22+/m0/s1. The first kappa shape index (κ1) is 19.4. The van der Waals surface area contributed by atoms with Crippen molar-refractivity contribution in [2.24, 2.45) is 23.2 Å². The normalized spacial score (nSPS) is 33.9. The summed E-state index contributed by atoms with van der Waals surface area (Å²) in [5.41, 5.74) is 1.85. The Kier molecular flexibility index (Phi) is 5.97. The third-order valence-corrected chi connectivity index (χ3v) is 7.18. The van der Waals surface area contributed by atoms with Crippen LogP contribution >= 0.6 is 0 Å². The van der Waals surface area contributed by atoms with E-state index < -0.39 is 0 Å². The molecule has 1 N–H and O–H groups in total. The van der Waals surface area contributed by atoms with Crippen LogP contribution in [-0.4, -0.2) is 30.7 Å². The minimum atomic E-state index is -0.109. The molecule has 0 aliphatic heterocycles. The molecule has 4 atom stereocenters. The number of allylic oxidation sites excluding steroid dienone is 2. The maximum absolute atomic E-state index is 10.5. The first-order chi connectivity index (χ1) is 11.9. The molecule has 0 aromatic heterocycles. The van der Waals surface area contributed by atoms with Gasteiger partial charge in [-0.15, -0.1) is 0 Å². The molecule has 2 saturated carbocycles. The van der Waals surface area contributed by atoms with Crippen LogP contribution in [0.1, 0.15) is 78.6 Å². The lowest BCUT2D eigenvalue weighted by molar-refractivity contribution is -0.118. The Labute approximate surface area is 154 Å². The van der Waals surface area contributed by atoms with Crippen molar-refractivity contribution in [2.75, 3.05) is 13.9 Å². The molecule has 0 aromatic carbocycles. The molecule has 3 nitrogen and oxygen atoms in total. The molecule has 25 heavy (non-hydrogen) atoms. The average molecular weight is 351 g/mol. The molecule has 3 heteroatoms. The van der Waals surface area contributed by atoms with Crippen LogP contribution in [0.25, 0.3) is 0 Å². The highest BCUT2D eigenvalue weighted by Crippen LogP contribution is 2.58. The minimum absolute atomic E-state index is 0.0891. The highest BCUT2D eigenvalue weighted by molar-refractivity contribution is 5.28. The number of hydrogen-bond donors (Lipinski definition) is 1. The van der Waals surface area contributed by atoms with Crippen molar-refractivity contribution in [3.8, 4) is 0 Å². The fourth-order valence-electron chi connectivity index (χ4n) is 5.51. The van der Waals surface area contributed by atoms with Crippen LogP contribution in [0.2, 0.25) is 0 Å². The summed E-state index contributed by atoms with van der Waals surface area (Å²) in [6.07, 6.45) is 13.3. The number of aliphatic hydroxyl groups is 1. The summed E-state index contributed by atoms with van der Waals surface area (Å²) in [5.74, 6) is 2.10. The van der Waals surface area contributed by atoms with Crippen molar-refractivity contribution < 1.29 is 14.6 Å². The second-order valence-electron chi connectivity index (χ2n) is 9.53. The van der Waals surface area contributed by atoms with E-state index in [1.54, 1.807) is 12.7 Å². The van der Waals surface area contributed by atoms with Gasteiger partial charge < -0.3 is 14.6 Å². The van der Waals surface area contributed by atoms with E-state index in [1.165, 1.54) is 38.5 Å². The zero-order valence-corrected chi connectivity index (χ0v) is 16.7. The number of aliphatic hydroxyl groups excluding tert-OH is 1. The van der Waals surface area contributed by atoms with Gasteiger partial charge in [-0.05, 0) is 94.8 Å². The van der Waals surface area contributed by atoms with E-state index in [-0.39, 0.29) is 17.1 Å². The van der Waals surface area contributed by atoms with Gasteiger partial charge in [0.25, 0.3) is 0 Å². The number of ether oxygens (including phenoxy) is 2. The largest absolute Gasteiger partial charge is 0.393 e. The Hall–Kier alpha value is -0.380. The smallest absolute Gasteiger partial charge is 0.147 e. The van der Waals surface area contributed by atoms with Gasteiger partial charge in [-0.2, -0.15) is 0 Å². The second-order valence-corrected chi connectivity index (χ2v) is 9.53. The van der Waals surface area contributed by atoms with Crippen molar-refractivity contribution in [1.29, 1.82) is 0 Å². The van der Waals surface area contributed by atoms with Crippen LogP contribution < -0.4 is 0 Å². The van der Waals surface area contributed by atoms with Crippen LogP contribution in [0.3, 0.4) is 0 Å². The number of hydrogen-bond acceptors (Lipinski definition) is 3. The topological polar surface area (TPSA) is 38.7 Å². The lowest BCUT2D eigenvalue weighted by Crippen LogP contribution is -2.40. The molecule has 0 bridgehead atoms. The Bertz CT molecular complexity index is 480. The van der Waals surface area contributed by atoms with Crippen LogP contribution in [0.5, 0.6) is 0 Å². The van der Waals surface area contributed by atoms with Crippen molar-refractivity contribution in [2.45, 2.75) is 90.3 Å². The predicted octanol–water partition coefficient (Wildman–Crippen LogP) is 5.08. The fraction of sp³-hybridized carbons (Fsp3) is 0.909. The maximum atomic E-state index is 10.5. The number of fused-ring (bicyclic) bond motifs is 1. The molecular formula is C22H38O3. The quantitative estimate of drug-likeness (QED) is 0.465. The van der Waals surface area contributed by atoms with Gasteiger partial charge in [0.05, 0.1) is 11.7 Å². The van der Waals surface area contributed by atoms with Gasteiger partial charge in [0, 0.05) is 7.11 Å². The van der Waals surface area contributed by atoms with Gasteiger partial charge in [-0.3, -0.25) is 0 Å². The highest BCUT2D eigenvalue weighted by Gasteiger charge is 2.50. The van der Waals surface area contributed by atoms with Crippen LogP contribution in [0.4, 0.5) is 0 Å². The van der Waals surface area contributed by atoms with Crippen molar-refractivity contribution in [3.63, 3.8) is 0 Å². The van der Waals surface area contributed by atoms with Gasteiger partial charge in [0.1, 0.15) is 6.79 Å². The first-order valence-corrected chi connectivity index (χ1v) is 10.4. The summed E-state index contributed by atoms with van der Waals surface area (Å²) >= 11 is 0. The van der Waals surface area contributed by atoms with E-state index in [0.717, 1.165) is 31.1 Å². The fourth-order valence-corrected chi connectivity index (χ4v) is 5.51. The Morgan fingerprint density at radius 2 is 2.08 bits per heavy atom. The van der Waals surface area contributed by atoms with Crippen LogP contribution in [-0.2, 0) is 9.47 Å². The monoisotopic (exact) mass is 350 g/mol. The van der Waals surface area contributed by atoms with Crippen LogP contribution in [0, 0.1) is 23.2 Å². The molecule has 3 aliphatic rings. The molecular weight excluding hydrogens is 312 g/mol. The molecule has 3 rings (SSSR count). The highest BCUT2D eigenvalue weighted by atomic mass is 16.7. The van der Waals surface area contributed by atoms with Gasteiger partial charge in [-0.25, -0.2) is 0 Å². The SMILES string of the molecule is COCOC(C)(C)CCC[C@H](C1=CC[C@H]2[C@@H](O)CCC[C@]12C)C1CC1. The Morgan fingerprint density at radius 3 is 2.76 bits per heavy atom. The van der Waals surface area contributed by atoms with Crippen LogP contribution in [0.15, 0.2) is 11.6 Å². The summed E-state index contributed by atoms with van der Waals surface area (Å²) in [7, 11) is 1.68. The summed E-state index contributed by atoms with van der Waals surface area (Å²) in [4.78, 5) is 0. The summed E-state index contributed by atoms with van der Waals surface area (Å²) < 4.78 is 10.9. The molecule has 0 saturated heterocycles. The molecule has 3 aliphatic carbocycles. The lowest BCUT2D eigenvalue weighted by atomic mass is 9.62. The molecule has 0 heterocycles. The zero-order chi connectivity index (χ0) is 18.1. The molecule has 0 aromatic rings. The first-order valence-electron chi connectivity index (χ1n) is 10.4. The molecule has 0 unspecified atom stereocenters. The molecule has 0 amide bonds. The molecule has 0 spiro atoms. The van der Waals surface area contributed by atoms with Gasteiger partial charge in [0.2, 0.25) is 0 Å². The van der Waals surface area contributed by atoms with E-state index in [2.05, 4.69) is 26.8 Å². The maximum Gasteiger partial charge on any atom is 0.147 e. The van der Waals surface area contributed by atoms with Crippen molar-refractivity contribution in [1.82, 2.24) is 0 Å². The predicted molar refractivity (Wildman–Crippen MR) is 101 cm³/mol. The third kappa shape index (κ3) is 4.31. The summed E-state index contributed by atoms with van der Waals surface area (Å²) in [5, 5.41) is 10.5. The van der Waals surface area contributed by atoms with Gasteiger partial charge in [-0.1, -0.05) is 18.6 Å². The second kappa shape index (κ2) is 7.70. The summed E-state index contributed by atoms with van der Waals surface area (Å²) in [6.45, 7) is 7.16. The van der Waals surface area contributed by atoms with E-state index in [4.69, 9.17) is 9.47 Å². The lowest BCUT2D eigenvalue weighted by Gasteiger charge is -2.44. The van der Waals surface area contributed by atoms with Crippen molar-refractivity contribution in [3.05, 3.63) is 11.6 Å². The van der Waals surface area contributed by atoms with E-state index in [9.17, 15) is 5.11 Å². The minimum Gasteiger partial charge on any atom is -0.393 e. The zero-order valence-electron chi connectivity index (χ0n) is 16.7. The average Bonchev–Trinajstić information content (AvgIpc) is 3.33. The van der Waals surface area contributed by atoms with E-state index in [0.29, 0.717) is 12.7 Å². The Morgan fingerprint density at radius 1 is 1.32 bits per heavy atom. The van der Waals surface area contributed by atoms with E-state index >= 15 is 0 Å². The van der Waals surface area contributed by atoms with Crippen molar-refractivity contribution >= 4 is 0 Å². The molecule has 2 fully saturated rings. The molecule has 144 valence electrons. The Balaban J connectivity index is 1.61. The number of rotatable bonds is 9. The number of methoxy groups -OCH3 is 1. The van der Waals surface area contributed by atoms with E-state index in [1.807, 2.05) is 0 Å².